The second kappa shape index (κ2) is 8.21. The average Bonchev–Trinajstić information content (AvgIpc) is 3.12. The molecule has 2 amide bonds. The van der Waals surface area contributed by atoms with E-state index in [1.54, 1.807) is 0 Å². The van der Waals surface area contributed by atoms with Gasteiger partial charge in [0.15, 0.2) is 0 Å². The number of benzene rings is 1. The van der Waals surface area contributed by atoms with E-state index in [-0.39, 0.29) is 17.9 Å². The molecule has 26 heavy (non-hydrogen) atoms. The van der Waals surface area contributed by atoms with E-state index in [2.05, 4.69) is 16.3 Å². The maximum atomic E-state index is 12.8. The molecule has 0 spiro atoms. The summed E-state index contributed by atoms with van der Waals surface area (Å²) in [7, 11) is 0. The van der Waals surface area contributed by atoms with Crippen molar-refractivity contribution in [3.05, 3.63) is 34.9 Å². The number of hydrogen-bond acceptors (Lipinski definition) is 3. The molecule has 5 nitrogen and oxygen atoms in total. The maximum Gasteiger partial charge on any atom is 0.253 e. The Balaban J connectivity index is 1.53. The maximum absolute atomic E-state index is 12.8. The third kappa shape index (κ3) is 4.44. The van der Waals surface area contributed by atoms with Crippen LogP contribution in [0.5, 0.6) is 0 Å². The van der Waals surface area contributed by atoms with E-state index in [1.807, 2.05) is 37.8 Å². The lowest BCUT2D eigenvalue weighted by atomic mass is 10.1. The van der Waals surface area contributed by atoms with Crippen LogP contribution in [0.1, 0.15) is 54.1 Å². The predicted octanol–water partition coefficient (Wildman–Crippen LogP) is 2.51. The molecular formula is C21H31N3O2. The van der Waals surface area contributed by atoms with Gasteiger partial charge in [0, 0.05) is 37.8 Å². The molecule has 142 valence electrons. The zero-order chi connectivity index (χ0) is 18.7. The van der Waals surface area contributed by atoms with Gasteiger partial charge >= 0.3 is 0 Å². The normalized spacial score (nSPS) is 20.2. The number of nitrogens with one attached hydrogen (secondary N) is 1. The van der Waals surface area contributed by atoms with E-state index >= 15 is 0 Å². The van der Waals surface area contributed by atoms with Gasteiger partial charge in [-0.05, 0) is 45.7 Å². The first-order valence-corrected chi connectivity index (χ1v) is 9.86. The Bertz CT molecular complexity index is 639. The summed E-state index contributed by atoms with van der Waals surface area (Å²) < 4.78 is 0. The Kier molecular flexibility index (Phi) is 5.97. The molecule has 0 aromatic heterocycles. The third-order valence-electron chi connectivity index (χ3n) is 5.70. The van der Waals surface area contributed by atoms with Crippen LogP contribution in [0, 0.1) is 13.8 Å². The van der Waals surface area contributed by atoms with Gasteiger partial charge in [-0.25, -0.2) is 0 Å². The first kappa shape index (κ1) is 18.9. The third-order valence-corrected chi connectivity index (χ3v) is 5.70. The van der Waals surface area contributed by atoms with Gasteiger partial charge in [0.2, 0.25) is 5.91 Å². The summed E-state index contributed by atoms with van der Waals surface area (Å²) in [6.07, 6.45) is 4.66. The zero-order valence-corrected chi connectivity index (χ0v) is 16.3. The molecule has 1 unspecified atom stereocenters. The standard InChI is InChI=1S/C21H31N3O2/c1-15-12-16(2)14-18(13-15)21(26)24-10-8-23(9-11-24)17(3)20(25)22-19-6-4-5-7-19/h12-14,17,19H,4-11H2,1-3H3,(H,22,25). The predicted molar refractivity (Wildman–Crippen MR) is 103 cm³/mol. The molecule has 1 atom stereocenters. The summed E-state index contributed by atoms with van der Waals surface area (Å²) in [6.45, 7) is 8.86. The van der Waals surface area contributed by atoms with E-state index in [4.69, 9.17) is 0 Å². The number of aryl methyl sites for hydroxylation is 2. The number of carbonyl (C=O) groups is 2. The Labute approximate surface area is 156 Å². The second-order valence-corrected chi connectivity index (χ2v) is 7.87. The van der Waals surface area contributed by atoms with E-state index in [0.717, 1.165) is 42.6 Å². The molecular weight excluding hydrogens is 326 g/mol. The lowest BCUT2D eigenvalue weighted by molar-refractivity contribution is -0.127. The minimum atomic E-state index is -0.130. The van der Waals surface area contributed by atoms with Crippen molar-refractivity contribution in [3.63, 3.8) is 0 Å². The van der Waals surface area contributed by atoms with E-state index in [0.29, 0.717) is 19.1 Å². The van der Waals surface area contributed by atoms with Crippen LogP contribution < -0.4 is 5.32 Å². The Hall–Kier alpha value is -1.88. The minimum absolute atomic E-state index is 0.0968. The number of nitrogens with zero attached hydrogens (tertiary/aromatic N) is 2. The van der Waals surface area contributed by atoms with Crippen LogP contribution in [0.2, 0.25) is 0 Å². The Morgan fingerprint density at radius 3 is 2.15 bits per heavy atom. The SMILES string of the molecule is Cc1cc(C)cc(C(=O)N2CCN(C(C)C(=O)NC3CCCC3)CC2)c1. The minimum Gasteiger partial charge on any atom is -0.352 e. The summed E-state index contributed by atoms with van der Waals surface area (Å²) in [5.41, 5.74) is 3.00. The fourth-order valence-corrected chi connectivity index (χ4v) is 4.15. The summed E-state index contributed by atoms with van der Waals surface area (Å²) in [4.78, 5) is 29.3. The van der Waals surface area contributed by atoms with Crippen molar-refractivity contribution in [2.24, 2.45) is 0 Å². The van der Waals surface area contributed by atoms with Crippen molar-refractivity contribution < 1.29 is 9.59 Å². The van der Waals surface area contributed by atoms with Gasteiger partial charge in [-0.1, -0.05) is 30.0 Å². The molecule has 3 rings (SSSR count). The van der Waals surface area contributed by atoms with Gasteiger partial charge < -0.3 is 10.2 Å². The molecule has 1 aromatic carbocycles. The topological polar surface area (TPSA) is 52.7 Å². The summed E-state index contributed by atoms with van der Waals surface area (Å²) in [5.74, 6) is 0.227. The number of piperazine rings is 1. The Morgan fingerprint density at radius 2 is 1.58 bits per heavy atom. The highest BCUT2D eigenvalue weighted by atomic mass is 16.2. The lowest BCUT2D eigenvalue weighted by Crippen LogP contribution is -2.55. The average molecular weight is 357 g/mol. The van der Waals surface area contributed by atoms with Gasteiger partial charge in [-0.15, -0.1) is 0 Å². The van der Waals surface area contributed by atoms with Crippen LogP contribution in [-0.4, -0.2) is 59.9 Å². The molecule has 1 aliphatic heterocycles. The molecule has 2 aliphatic rings. The van der Waals surface area contributed by atoms with E-state index in [9.17, 15) is 9.59 Å². The number of amides is 2. The lowest BCUT2D eigenvalue weighted by Gasteiger charge is -2.37. The summed E-state index contributed by atoms with van der Waals surface area (Å²) >= 11 is 0. The molecule has 2 fully saturated rings. The number of carbonyl (C=O) groups excluding carboxylic acids is 2. The molecule has 0 radical (unpaired) electrons. The van der Waals surface area contributed by atoms with Crippen LogP contribution >= 0.6 is 0 Å². The summed E-state index contributed by atoms with van der Waals surface area (Å²) in [5, 5.41) is 3.19. The largest absolute Gasteiger partial charge is 0.352 e. The van der Waals surface area contributed by atoms with Crippen LogP contribution in [-0.2, 0) is 4.79 Å². The smallest absolute Gasteiger partial charge is 0.253 e. The van der Waals surface area contributed by atoms with Crippen molar-refractivity contribution in [2.45, 2.75) is 58.5 Å². The van der Waals surface area contributed by atoms with Crippen molar-refractivity contribution in [1.29, 1.82) is 0 Å². The van der Waals surface area contributed by atoms with Gasteiger partial charge in [0.1, 0.15) is 0 Å². The number of hydrogen-bond donors (Lipinski definition) is 1. The van der Waals surface area contributed by atoms with E-state index < -0.39 is 0 Å². The highest BCUT2D eigenvalue weighted by Gasteiger charge is 2.29. The van der Waals surface area contributed by atoms with Gasteiger partial charge in [0.05, 0.1) is 6.04 Å². The fraction of sp³-hybridized carbons (Fsp3) is 0.619. The summed E-state index contributed by atoms with van der Waals surface area (Å²) in [6, 6.07) is 6.23. The van der Waals surface area contributed by atoms with E-state index in [1.165, 1.54) is 12.8 Å². The number of rotatable bonds is 4. The second-order valence-electron chi connectivity index (χ2n) is 7.87. The van der Waals surface area contributed by atoms with Crippen LogP contribution in [0.25, 0.3) is 0 Å². The first-order chi connectivity index (χ1) is 12.4. The molecule has 1 aliphatic carbocycles. The fourth-order valence-electron chi connectivity index (χ4n) is 4.15. The van der Waals surface area contributed by atoms with Gasteiger partial charge in [-0.2, -0.15) is 0 Å². The van der Waals surface area contributed by atoms with Gasteiger partial charge in [-0.3, -0.25) is 14.5 Å². The van der Waals surface area contributed by atoms with Crippen LogP contribution in [0.3, 0.4) is 0 Å². The van der Waals surface area contributed by atoms with Gasteiger partial charge in [0.25, 0.3) is 5.91 Å². The monoisotopic (exact) mass is 357 g/mol. The van der Waals surface area contributed by atoms with Crippen LogP contribution in [0.15, 0.2) is 18.2 Å². The molecule has 1 saturated carbocycles. The van der Waals surface area contributed by atoms with Crippen molar-refractivity contribution >= 4 is 11.8 Å². The molecule has 1 heterocycles. The van der Waals surface area contributed by atoms with Crippen molar-refractivity contribution in [1.82, 2.24) is 15.1 Å². The molecule has 1 aromatic rings. The molecule has 1 N–H and O–H groups in total. The first-order valence-electron chi connectivity index (χ1n) is 9.86. The van der Waals surface area contributed by atoms with Crippen molar-refractivity contribution in [3.8, 4) is 0 Å². The molecule has 5 heteroatoms. The highest BCUT2D eigenvalue weighted by molar-refractivity contribution is 5.94. The molecule has 0 bridgehead atoms. The quantitative estimate of drug-likeness (QED) is 0.901. The molecule has 1 saturated heterocycles. The van der Waals surface area contributed by atoms with Crippen LogP contribution in [0.4, 0.5) is 0 Å². The van der Waals surface area contributed by atoms with Crippen molar-refractivity contribution in [2.75, 3.05) is 26.2 Å². The zero-order valence-electron chi connectivity index (χ0n) is 16.3. The Morgan fingerprint density at radius 1 is 1.00 bits per heavy atom. The highest BCUT2D eigenvalue weighted by Crippen LogP contribution is 2.18.